The molecule has 2 aliphatic carbocycles. The summed E-state index contributed by atoms with van der Waals surface area (Å²) in [4.78, 5) is 11.0. The number of carbonyl (C=O) groups excluding carboxylic acids is 1. The molecule has 0 spiro atoms. The van der Waals surface area contributed by atoms with Crippen molar-refractivity contribution in [2.45, 2.75) is 65.8 Å². The van der Waals surface area contributed by atoms with E-state index in [4.69, 9.17) is 14.6 Å². The molecule has 3 aliphatic rings. The Morgan fingerprint density at radius 2 is 1.63 bits per heavy atom. The molecule has 0 aromatic rings. The molecule has 154 valence electrons. The van der Waals surface area contributed by atoms with Gasteiger partial charge >= 0.3 is 0 Å². The van der Waals surface area contributed by atoms with Gasteiger partial charge in [0.05, 0.1) is 18.8 Å². The van der Waals surface area contributed by atoms with Crippen molar-refractivity contribution in [2.75, 3.05) is 19.8 Å². The smallest absolute Gasteiger partial charge is 0.163 e. The van der Waals surface area contributed by atoms with Crippen LogP contribution in [-0.2, 0) is 14.3 Å². The zero-order chi connectivity index (χ0) is 20.4. The van der Waals surface area contributed by atoms with Gasteiger partial charge in [0.25, 0.3) is 0 Å². The molecule has 1 heterocycles. The van der Waals surface area contributed by atoms with Crippen molar-refractivity contribution >= 4 is 5.78 Å². The van der Waals surface area contributed by atoms with Crippen molar-refractivity contribution in [3.63, 3.8) is 0 Å². The number of Topliss-reactive ketones (excluding diaryl/α,β-unsaturated/α-hetero) is 1. The fraction of sp³-hybridized carbons (Fsp3) is 0.773. The molecule has 0 saturated carbocycles. The number of hydrogen-bond donors (Lipinski definition) is 2. The van der Waals surface area contributed by atoms with Crippen LogP contribution < -0.4 is 0 Å². The quantitative estimate of drug-likeness (QED) is 0.732. The molecule has 0 amide bonds. The van der Waals surface area contributed by atoms with E-state index < -0.39 is 5.79 Å². The third kappa shape index (κ3) is 4.89. The monoisotopic (exact) mass is 380 g/mol. The van der Waals surface area contributed by atoms with Gasteiger partial charge in [-0.25, -0.2) is 0 Å². The SMILES string of the molecule is CC(=O)[C@H]1CC=C(C)[C@@H]1CO.CC1=CC[C@H](C2(C)COC(C)(C)O2)[C@H]1CO. The van der Waals surface area contributed by atoms with Crippen molar-refractivity contribution in [1.29, 1.82) is 0 Å². The zero-order valence-corrected chi connectivity index (χ0v) is 17.6. The summed E-state index contributed by atoms with van der Waals surface area (Å²) in [5.74, 6) is 0.386. The molecular weight excluding hydrogens is 344 g/mol. The highest BCUT2D eigenvalue weighted by Gasteiger charge is 2.50. The van der Waals surface area contributed by atoms with Crippen LogP contribution in [0.15, 0.2) is 23.3 Å². The second-order valence-electron chi connectivity index (χ2n) is 8.87. The first-order valence-electron chi connectivity index (χ1n) is 9.94. The van der Waals surface area contributed by atoms with Crippen molar-refractivity contribution in [3.8, 4) is 0 Å². The Morgan fingerprint density at radius 3 is 2.07 bits per heavy atom. The third-order valence-corrected chi connectivity index (χ3v) is 6.41. The second-order valence-corrected chi connectivity index (χ2v) is 8.87. The van der Waals surface area contributed by atoms with E-state index in [1.807, 2.05) is 26.8 Å². The van der Waals surface area contributed by atoms with E-state index >= 15 is 0 Å². The Morgan fingerprint density at radius 1 is 1.07 bits per heavy atom. The molecule has 1 fully saturated rings. The highest BCUT2D eigenvalue weighted by molar-refractivity contribution is 5.79. The zero-order valence-electron chi connectivity index (χ0n) is 17.6. The lowest BCUT2D eigenvalue weighted by molar-refractivity contribution is -0.171. The number of aliphatic hydroxyl groups excluding tert-OH is 2. The van der Waals surface area contributed by atoms with Gasteiger partial charge in [-0.05, 0) is 54.4 Å². The molecule has 27 heavy (non-hydrogen) atoms. The maximum atomic E-state index is 11.0. The lowest BCUT2D eigenvalue weighted by atomic mass is 9.79. The molecule has 0 aromatic carbocycles. The summed E-state index contributed by atoms with van der Waals surface area (Å²) in [5, 5.41) is 18.4. The normalized spacial score (nSPS) is 37.5. The van der Waals surface area contributed by atoms with Crippen LogP contribution in [0.25, 0.3) is 0 Å². The van der Waals surface area contributed by atoms with Crippen molar-refractivity contribution < 1.29 is 24.5 Å². The summed E-state index contributed by atoms with van der Waals surface area (Å²) in [5.41, 5.74) is 2.17. The number of carbonyl (C=O) groups is 1. The second kappa shape index (κ2) is 8.56. The van der Waals surface area contributed by atoms with E-state index in [9.17, 15) is 9.90 Å². The molecule has 0 aromatic heterocycles. The highest BCUT2D eigenvalue weighted by atomic mass is 16.8. The van der Waals surface area contributed by atoms with Crippen molar-refractivity contribution in [1.82, 2.24) is 0 Å². The number of ether oxygens (including phenoxy) is 2. The summed E-state index contributed by atoms with van der Waals surface area (Å²) in [6, 6.07) is 0. The minimum absolute atomic E-state index is 0.0417. The largest absolute Gasteiger partial charge is 0.396 e. The number of aliphatic hydroxyl groups is 2. The third-order valence-electron chi connectivity index (χ3n) is 6.41. The van der Waals surface area contributed by atoms with Crippen LogP contribution in [0.5, 0.6) is 0 Å². The summed E-state index contributed by atoms with van der Waals surface area (Å²) >= 11 is 0. The van der Waals surface area contributed by atoms with E-state index in [1.54, 1.807) is 6.92 Å². The maximum Gasteiger partial charge on any atom is 0.163 e. The Kier molecular flexibility index (Phi) is 7.06. The number of hydrogen-bond acceptors (Lipinski definition) is 5. The van der Waals surface area contributed by atoms with Gasteiger partial charge in [-0.1, -0.05) is 23.3 Å². The molecule has 5 nitrogen and oxygen atoms in total. The Hall–Kier alpha value is -1.01. The average Bonchev–Trinajstić information content (AvgIpc) is 3.23. The lowest BCUT2D eigenvalue weighted by Crippen LogP contribution is -2.42. The van der Waals surface area contributed by atoms with Gasteiger partial charge in [0.15, 0.2) is 5.79 Å². The molecule has 5 heteroatoms. The molecule has 2 N–H and O–H groups in total. The number of ketones is 1. The summed E-state index contributed by atoms with van der Waals surface area (Å²) in [6.45, 7) is 12.6. The Bertz CT molecular complexity index is 606. The van der Waals surface area contributed by atoms with E-state index in [-0.39, 0.29) is 42.4 Å². The van der Waals surface area contributed by atoms with Crippen LogP contribution >= 0.6 is 0 Å². The first-order chi connectivity index (χ1) is 12.5. The summed E-state index contributed by atoms with van der Waals surface area (Å²) in [6.07, 6.45) is 6.05. The van der Waals surface area contributed by atoms with Crippen LogP contribution in [0.2, 0.25) is 0 Å². The highest BCUT2D eigenvalue weighted by Crippen LogP contribution is 2.45. The summed E-state index contributed by atoms with van der Waals surface area (Å²) < 4.78 is 11.7. The van der Waals surface area contributed by atoms with E-state index in [2.05, 4.69) is 19.9 Å². The van der Waals surface area contributed by atoms with E-state index in [0.717, 1.165) is 18.4 Å². The minimum Gasteiger partial charge on any atom is -0.396 e. The van der Waals surface area contributed by atoms with Gasteiger partial charge in [0, 0.05) is 30.3 Å². The van der Waals surface area contributed by atoms with E-state index in [1.165, 1.54) is 5.57 Å². The lowest BCUT2D eigenvalue weighted by Gasteiger charge is -2.35. The fourth-order valence-electron chi connectivity index (χ4n) is 4.68. The molecule has 5 atom stereocenters. The molecule has 1 aliphatic heterocycles. The number of rotatable bonds is 4. The average molecular weight is 381 g/mol. The van der Waals surface area contributed by atoms with Crippen LogP contribution in [0.4, 0.5) is 0 Å². The van der Waals surface area contributed by atoms with E-state index in [0.29, 0.717) is 12.5 Å². The van der Waals surface area contributed by atoms with Gasteiger partial charge in [0.1, 0.15) is 5.78 Å². The van der Waals surface area contributed by atoms with Crippen molar-refractivity contribution in [3.05, 3.63) is 23.3 Å². The molecule has 0 radical (unpaired) electrons. The standard InChI is InChI=1S/C13H22O3.C9H14O2/c1-9-5-6-11(10(9)7-14)13(4)8-15-12(2,3)16-13;1-6-3-4-8(7(2)11)9(6)5-10/h5,10-11,14H,6-8H2,1-4H3;3,8-10H,4-5H2,1-2H3/t10-,11-,13?;8-,9+/m01/s1. The first kappa shape index (κ1) is 22.3. The first-order valence-corrected chi connectivity index (χ1v) is 9.94. The molecule has 3 rings (SSSR count). The van der Waals surface area contributed by atoms with Gasteiger partial charge in [-0.15, -0.1) is 0 Å². The predicted molar refractivity (Wildman–Crippen MR) is 105 cm³/mol. The fourth-order valence-corrected chi connectivity index (χ4v) is 4.68. The molecular formula is C22H36O5. The van der Waals surface area contributed by atoms with Crippen LogP contribution in [0.3, 0.4) is 0 Å². The molecule has 0 bridgehead atoms. The van der Waals surface area contributed by atoms with Crippen LogP contribution in [0.1, 0.15) is 54.4 Å². The predicted octanol–water partition coefficient (Wildman–Crippen LogP) is 3.25. The van der Waals surface area contributed by atoms with Crippen molar-refractivity contribution in [2.24, 2.45) is 23.7 Å². The Labute approximate surface area is 163 Å². The van der Waals surface area contributed by atoms with Gasteiger partial charge in [-0.3, -0.25) is 4.79 Å². The molecule has 1 saturated heterocycles. The Balaban J connectivity index is 0.000000208. The molecule has 1 unspecified atom stereocenters. The maximum absolute atomic E-state index is 11.0. The van der Waals surface area contributed by atoms with Gasteiger partial charge in [0.2, 0.25) is 0 Å². The summed E-state index contributed by atoms with van der Waals surface area (Å²) in [7, 11) is 0. The van der Waals surface area contributed by atoms with Crippen LogP contribution in [0, 0.1) is 23.7 Å². The van der Waals surface area contributed by atoms with Gasteiger partial charge in [-0.2, -0.15) is 0 Å². The topological polar surface area (TPSA) is 76.0 Å². The number of allylic oxidation sites excluding steroid dienone is 2. The van der Waals surface area contributed by atoms with Crippen LogP contribution in [-0.4, -0.2) is 47.2 Å². The minimum atomic E-state index is -0.495. The van der Waals surface area contributed by atoms with Gasteiger partial charge < -0.3 is 19.7 Å².